The van der Waals surface area contributed by atoms with Crippen molar-refractivity contribution < 1.29 is 13.6 Å². The standard InChI is InChI=1S/C6H14N2O3S/c1-6(2)7-4-3-5-8(9)12(7,10)11/h6,9H,3-5H2,1-2H3. The lowest BCUT2D eigenvalue weighted by atomic mass is 10.3. The Bertz CT molecular complexity index is 250. The summed E-state index contributed by atoms with van der Waals surface area (Å²) in [5.74, 6) is 0. The van der Waals surface area contributed by atoms with Gasteiger partial charge in [0, 0.05) is 19.1 Å². The van der Waals surface area contributed by atoms with Gasteiger partial charge in [0.2, 0.25) is 0 Å². The number of rotatable bonds is 1. The molecule has 0 spiro atoms. The average Bonchev–Trinajstić information content (AvgIpc) is 1.94. The molecule has 0 aromatic rings. The Balaban J connectivity index is 2.88. The maximum atomic E-state index is 11.4. The van der Waals surface area contributed by atoms with Gasteiger partial charge in [-0.25, -0.2) is 0 Å². The van der Waals surface area contributed by atoms with Crippen LogP contribution < -0.4 is 0 Å². The molecule has 1 saturated heterocycles. The zero-order valence-electron chi connectivity index (χ0n) is 7.27. The van der Waals surface area contributed by atoms with Crippen molar-refractivity contribution in [2.24, 2.45) is 0 Å². The molecular formula is C6H14N2O3S. The summed E-state index contributed by atoms with van der Waals surface area (Å²) in [4.78, 5) is 0. The third-order valence-electron chi connectivity index (χ3n) is 1.87. The fourth-order valence-electron chi connectivity index (χ4n) is 1.24. The van der Waals surface area contributed by atoms with E-state index in [0.29, 0.717) is 17.4 Å². The highest BCUT2D eigenvalue weighted by molar-refractivity contribution is 7.86. The van der Waals surface area contributed by atoms with Gasteiger partial charge in [0.25, 0.3) is 0 Å². The van der Waals surface area contributed by atoms with Gasteiger partial charge < -0.3 is 0 Å². The third kappa shape index (κ3) is 1.61. The average molecular weight is 194 g/mol. The van der Waals surface area contributed by atoms with Crippen LogP contribution >= 0.6 is 0 Å². The van der Waals surface area contributed by atoms with Crippen LogP contribution in [0.25, 0.3) is 0 Å². The molecule has 0 aromatic heterocycles. The summed E-state index contributed by atoms with van der Waals surface area (Å²) in [6, 6.07) is -0.0926. The molecular weight excluding hydrogens is 180 g/mol. The van der Waals surface area contributed by atoms with E-state index in [1.54, 1.807) is 13.8 Å². The van der Waals surface area contributed by atoms with Crippen LogP contribution in [0.3, 0.4) is 0 Å². The molecule has 0 aromatic carbocycles. The van der Waals surface area contributed by atoms with Gasteiger partial charge in [0.1, 0.15) is 0 Å². The summed E-state index contributed by atoms with van der Waals surface area (Å²) in [6.07, 6.45) is 0.675. The van der Waals surface area contributed by atoms with E-state index in [2.05, 4.69) is 0 Å². The molecule has 1 fully saturated rings. The lowest BCUT2D eigenvalue weighted by Gasteiger charge is -2.33. The molecule has 1 N–H and O–H groups in total. The number of hydrogen-bond donors (Lipinski definition) is 1. The molecule has 0 unspecified atom stereocenters. The summed E-state index contributed by atoms with van der Waals surface area (Å²) < 4.78 is 24.4. The second-order valence-corrected chi connectivity index (χ2v) is 4.90. The zero-order chi connectivity index (χ0) is 9.35. The minimum atomic E-state index is -3.58. The first-order valence-electron chi connectivity index (χ1n) is 3.94. The molecule has 1 heterocycles. The molecule has 0 amide bonds. The SMILES string of the molecule is CC(C)N1CCCN(O)S1(=O)=O. The van der Waals surface area contributed by atoms with Gasteiger partial charge in [-0.05, 0) is 20.3 Å². The molecule has 0 bridgehead atoms. The lowest BCUT2D eigenvalue weighted by molar-refractivity contribution is -0.0180. The van der Waals surface area contributed by atoms with E-state index in [4.69, 9.17) is 5.21 Å². The molecule has 1 rings (SSSR count). The van der Waals surface area contributed by atoms with E-state index in [-0.39, 0.29) is 12.6 Å². The number of hydrogen-bond acceptors (Lipinski definition) is 3. The van der Waals surface area contributed by atoms with E-state index >= 15 is 0 Å². The molecule has 1 aliphatic rings. The van der Waals surface area contributed by atoms with Gasteiger partial charge in [-0.15, -0.1) is 0 Å². The van der Waals surface area contributed by atoms with Crippen molar-refractivity contribution in [2.45, 2.75) is 26.3 Å². The van der Waals surface area contributed by atoms with E-state index < -0.39 is 10.2 Å². The Labute approximate surface area is 72.7 Å². The van der Waals surface area contributed by atoms with Crippen LogP contribution in [0.15, 0.2) is 0 Å². The van der Waals surface area contributed by atoms with Gasteiger partial charge in [0.15, 0.2) is 0 Å². The molecule has 5 nitrogen and oxygen atoms in total. The van der Waals surface area contributed by atoms with Gasteiger partial charge in [-0.3, -0.25) is 5.21 Å². The summed E-state index contributed by atoms with van der Waals surface area (Å²) in [5.41, 5.74) is 0. The Morgan fingerprint density at radius 1 is 1.33 bits per heavy atom. The van der Waals surface area contributed by atoms with Crippen LogP contribution in [0.2, 0.25) is 0 Å². The Morgan fingerprint density at radius 2 is 1.92 bits per heavy atom. The maximum Gasteiger partial charge on any atom is 0.304 e. The van der Waals surface area contributed by atoms with Crippen molar-refractivity contribution in [1.29, 1.82) is 0 Å². The highest BCUT2D eigenvalue weighted by atomic mass is 32.2. The van der Waals surface area contributed by atoms with Crippen molar-refractivity contribution in [3.63, 3.8) is 0 Å². The first-order chi connectivity index (χ1) is 5.46. The Kier molecular flexibility index (Phi) is 2.72. The molecule has 0 radical (unpaired) electrons. The molecule has 6 heteroatoms. The van der Waals surface area contributed by atoms with Gasteiger partial charge in [0.05, 0.1) is 0 Å². The van der Waals surface area contributed by atoms with Crippen LogP contribution in [0, 0.1) is 0 Å². The van der Waals surface area contributed by atoms with Crippen molar-refractivity contribution >= 4 is 10.2 Å². The van der Waals surface area contributed by atoms with Crippen LogP contribution in [0.1, 0.15) is 20.3 Å². The third-order valence-corrected chi connectivity index (χ3v) is 3.78. The molecule has 0 aliphatic carbocycles. The van der Waals surface area contributed by atoms with E-state index in [1.165, 1.54) is 4.31 Å². The quantitative estimate of drug-likeness (QED) is 0.641. The van der Waals surface area contributed by atoms with Crippen molar-refractivity contribution in [3.05, 3.63) is 0 Å². The molecule has 12 heavy (non-hydrogen) atoms. The van der Waals surface area contributed by atoms with Crippen LogP contribution in [0.5, 0.6) is 0 Å². The summed E-state index contributed by atoms with van der Waals surface area (Å²) in [5, 5.41) is 9.06. The maximum absolute atomic E-state index is 11.4. The fourth-order valence-corrected chi connectivity index (χ4v) is 2.73. The Hall–Kier alpha value is -0.170. The largest absolute Gasteiger partial charge is 0.304 e. The van der Waals surface area contributed by atoms with Crippen molar-refractivity contribution in [3.8, 4) is 0 Å². The molecule has 72 valence electrons. The van der Waals surface area contributed by atoms with E-state index in [9.17, 15) is 8.42 Å². The second kappa shape index (κ2) is 3.29. The van der Waals surface area contributed by atoms with Crippen molar-refractivity contribution in [1.82, 2.24) is 8.77 Å². The molecule has 1 aliphatic heterocycles. The summed E-state index contributed by atoms with van der Waals surface area (Å²) >= 11 is 0. The predicted octanol–water partition coefficient (Wildman–Crippen LogP) is 0.0365. The highest BCUT2D eigenvalue weighted by Gasteiger charge is 2.33. The molecule has 0 atom stereocenters. The summed E-state index contributed by atoms with van der Waals surface area (Å²) in [7, 11) is -3.58. The zero-order valence-corrected chi connectivity index (χ0v) is 8.08. The highest BCUT2D eigenvalue weighted by Crippen LogP contribution is 2.16. The fraction of sp³-hybridized carbons (Fsp3) is 1.00. The minimum Gasteiger partial charge on any atom is -0.298 e. The van der Waals surface area contributed by atoms with Crippen molar-refractivity contribution in [2.75, 3.05) is 13.1 Å². The normalized spacial score (nSPS) is 26.3. The lowest BCUT2D eigenvalue weighted by Crippen LogP contribution is -2.50. The number of hydroxylamine groups is 1. The first kappa shape index (κ1) is 9.91. The monoisotopic (exact) mass is 194 g/mol. The number of nitrogens with zero attached hydrogens (tertiary/aromatic N) is 2. The topological polar surface area (TPSA) is 60.9 Å². The first-order valence-corrected chi connectivity index (χ1v) is 5.34. The van der Waals surface area contributed by atoms with Crippen LogP contribution in [-0.2, 0) is 10.2 Å². The van der Waals surface area contributed by atoms with Crippen LogP contribution in [-0.4, -0.2) is 41.5 Å². The van der Waals surface area contributed by atoms with E-state index in [1.807, 2.05) is 0 Å². The van der Waals surface area contributed by atoms with E-state index in [0.717, 1.165) is 0 Å². The smallest absolute Gasteiger partial charge is 0.298 e. The van der Waals surface area contributed by atoms with Gasteiger partial charge in [-0.2, -0.15) is 12.7 Å². The van der Waals surface area contributed by atoms with Gasteiger partial charge in [-0.1, -0.05) is 4.47 Å². The van der Waals surface area contributed by atoms with Crippen LogP contribution in [0.4, 0.5) is 0 Å². The molecule has 0 saturated carbocycles. The van der Waals surface area contributed by atoms with Gasteiger partial charge >= 0.3 is 10.2 Å². The predicted molar refractivity (Wildman–Crippen MR) is 43.9 cm³/mol. The second-order valence-electron chi connectivity index (χ2n) is 3.11. The Morgan fingerprint density at radius 3 is 2.33 bits per heavy atom. The minimum absolute atomic E-state index is 0.0926. The summed E-state index contributed by atoms with van der Waals surface area (Å²) in [6.45, 7) is 4.27.